The zero-order valence-corrected chi connectivity index (χ0v) is 17.9. The van der Waals surface area contributed by atoms with E-state index in [1.54, 1.807) is 6.92 Å². The topological polar surface area (TPSA) is 78.9 Å². The summed E-state index contributed by atoms with van der Waals surface area (Å²) in [6.45, 7) is 4.10. The number of hydrogen-bond acceptors (Lipinski definition) is 6. The van der Waals surface area contributed by atoms with Crippen molar-refractivity contribution in [1.82, 2.24) is 0 Å². The highest BCUT2D eigenvalue weighted by atomic mass is 35.5. The summed E-state index contributed by atoms with van der Waals surface area (Å²) >= 11 is 6.00. The van der Waals surface area contributed by atoms with Crippen LogP contribution in [0.5, 0.6) is 0 Å². The number of benzene rings is 1. The predicted octanol–water partition coefficient (Wildman–Crippen LogP) is 3.57. The largest absolute Gasteiger partial charge is 0.463 e. The number of esters is 1. The lowest BCUT2D eigenvalue weighted by molar-refractivity contribution is -0.146. The normalized spacial score (nSPS) is 27.1. The fourth-order valence-electron chi connectivity index (χ4n) is 3.62. The third-order valence-electron chi connectivity index (χ3n) is 5.13. The summed E-state index contributed by atoms with van der Waals surface area (Å²) in [5.74, 6) is -2.79. The van der Waals surface area contributed by atoms with Crippen LogP contribution in [-0.4, -0.2) is 44.7 Å². The van der Waals surface area contributed by atoms with Crippen molar-refractivity contribution in [3.8, 4) is 0 Å². The molecule has 6 nitrogen and oxygen atoms in total. The second-order valence-electron chi connectivity index (χ2n) is 7.16. The van der Waals surface area contributed by atoms with Crippen LogP contribution in [0.15, 0.2) is 29.8 Å². The first-order chi connectivity index (χ1) is 13.7. The van der Waals surface area contributed by atoms with Gasteiger partial charge in [0.1, 0.15) is 5.82 Å². The van der Waals surface area contributed by atoms with Crippen molar-refractivity contribution in [2.45, 2.75) is 56.0 Å². The van der Waals surface area contributed by atoms with E-state index in [4.69, 9.17) is 25.8 Å². The van der Waals surface area contributed by atoms with Crippen molar-refractivity contribution in [2.75, 3.05) is 13.2 Å². The summed E-state index contributed by atoms with van der Waals surface area (Å²) in [6.07, 6.45) is 2.53. The zero-order chi connectivity index (χ0) is 21.2. The minimum atomic E-state index is -3.84. The van der Waals surface area contributed by atoms with E-state index in [2.05, 4.69) is 0 Å². The zero-order valence-electron chi connectivity index (χ0n) is 16.3. The van der Waals surface area contributed by atoms with Crippen LogP contribution in [0, 0.1) is 5.82 Å². The molecule has 0 saturated carbocycles. The van der Waals surface area contributed by atoms with Gasteiger partial charge < -0.3 is 14.2 Å². The molecule has 0 amide bonds. The molecule has 0 N–H and O–H groups in total. The Hall–Kier alpha value is -1.48. The Morgan fingerprint density at radius 3 is 2.76 bits per heavy atom. The quantitative estimate of drug-likeness (QED) is 0.621. The van der Waals surface area contributed by atoms with Crippen LogP contribution in [0.1, 0.15) is 38.7 Å². The molecule has 29 heavy (non-hydrogen) atoms. The molecule has 2 aliphatic rings. The Bertz CT molecular complexity index is 916. The Labute approximate surface area is 174 Å². The maximum Gasteiger partial charge on any atom is 0.335 e. The molecule has 0 aromatic heterocycles. The van der Waals surface area contributed by atoms with Crippen LogP contribution in [0.4, 0.5) is 4.39 Å². The molecular weight excluding hydrogens is 423 g/mol. The van der Waals surface area contributed by atoms with Crippen LogP contribution in [-0.2, 0) is 34.6 Å². The number of carbonyl (C=O) groups excluding carboxylic acids is 1. The van der Waals surface area contributed by atoms with Crippen molar-refractivity contribution in [2.24, 2.45) is 0 Å². The van der Waals surface area contributed by atoms with Gasteiger partial charge in [-0.15, -0.1) is 0 Å². The molecule has 1 aromatic carbocycles. The third kappa shape index (κ3) is 4.82. The van der Waals surface area contributed by atoms with Crippen LogP contribution >= 0.6 is 11.6 Å². The van der Waals surface area contributed by atoms with E-state index in [-0.39, 0.29) is 35.3 Å². The van der Waals surface area contributed by atoms with Crippen LogP contribution in [0.25, 0.3) is 0 Å². The number of rotatable bonds is 6. The second-order valence-corrected chi connectivity index (χ2v) is 9.75. The summed E-state index contributed by atoms with van der Waals surface area (Å²) in [4.78, 5) is 12.6. The van der Waals surface area contributed by atoms with Crippen LogP contribution in [0.3, 0.4) is 0 Å². The first-order valence-corrected chi connectivity index (χ1v) is 11.7. The van der Waals surface area contributed by atoms with Crippen LogP contribution < -0.4 is 0 Å². The standard InChI is InChI=1S/C20H24ClFO6S/c1-3-15-11-27-20(28-15)8-7-18(16(10-20)19(23)26-4-2)29(24,25)12-13-5-6-14(22)9-17(13)21/h5-6,9-10,15,18H,3-4,7-8,11-12H2,1-2H3/t15-,18?,20?/m0/s1. The van der Waals surface area contributed by atoms with Gasteiger partial charge >= 0.3 is 5.97 Å². The summed E-state index contributed by atoms with van der Waals surface area (Å²) in [7, 11) is -3.84. The van der Waals surface area contributed by atoms with E-state index in [1.807, 2.05) is 6.92 Å². The van der Waals surface area contributed by atoms with Crippen molar-refractivity contribution in [3.63, 3.8) is 0 Å². The SMILES string of the molecule is CCOC(=O)C1=CC2(CCC1S(=O)(=O)Cc1ccc(F)cc1Cl)OC[C@H](CC)O2. The molecule has 1 aliphatic heterocycles. The van der Waals surface area contributed by atoms with E-state index in [1.165, 1.54) is 12.1 Å². The third-order valence-corrected chi connectivity index (χ3v) is 7.55. The molecule has 1 heterocycles. The summed E-state index contributed by atoms with van der Waals surface area (Å²) in [5, 5.41) is -1.06. The van der Waals surface area contributed by atoms with E-state index in [0.717, 1.165) is 18.6 Å². The number of sulfone groups is 1. The first kappa shape index (κ1) is 22.2. The molecule has 160 valence electrons. The number of carbonyl (C=O) groups is 1. The molecule has 3 rings (SSSR count). The fraction of sp³-hybridized carbons (Fsp3) is 0.550. The molecule has 0 radical (unpaired) electrons. The predicted molar refractivity (Wildman–Crippen MR) is 106 cm³/mol. The molecule has 1 saturated heterocycles. The Morgan fingerprint density at radius 1 is 1.38 bits per heavy atom. The average Bonchev–Trinajstić information content (AvgIpc) is 3.06. The highest BCUT2D eigenvalue weighted by Crippen LogP contribution is 2.40. The maximum atomic E-state index is 13.3. The fourth-order valence-corrected chi connectivity index (χ4v) is 5.84. The molecule has 1 fully saturated rings. The summed E-state index contributed by atoms with van der Waals surface area (Å²) in [6, 6.07) is 3.55. The summed E-state index contributed by atoms with van der Waals surface area (Å²) in [5.41, 5.74) is 0.282. The van der Waals surface area contributed by atoms with Gasteiger partial charge in [-0.3, -0.25) is 0 Å². The molecule has 2 unspecified atom stereocenters. The smallest absolute Gasteiger partial charge is 0.335 e. The van der Waals surface area contributed by atoms with Gasteiger partial charge in [0, 0.05) is 11.4 Å². The second kappa shape index (κ2) is 8.71. The van der Waals surface area contributed by atoms with Gasteiger partial charge in [-0.05, 0) is 43.5 Å². The molecule has 1 aliphatic carbocycles. The number of halogens is 2. The molecule has 1 spiro atoms. The van der Waals surface area contributed by atoms with Gasteiger partial charge in [-0.2, -0.15) is 0 Å². The number of ether oxygens (including phenoxy) is 3. The van der Waals surface area contributed by atoms with Crippen molar-refractivity contribution in [3.05, 3.63) is 46.3 Å². The lowest BCUT2D eigenvalue weighted by Gasteiger charge is -2.33. The highest BCUT2D eigenvalue weighted by molar-refractivity contribution is 7.91. The van der Waals surface area contributed by atoms with Gasteiger partial charge in [-0.25, -0.2) is 17.6 Å². The van der Waals surface area contributed by atoms with E-state index in [0.29, 0.717) is 13.0 Å². The van der Waals surface area contributed by atoms with Gasteiger partial charge in [-0.1, -0.05) is 24.6 Å². The molecular formula is C20H24ClFO6S. The van der Waals surface area contributed by atoms with Crippen molar-refractivity contribution in [1.29, 1.82) is 0 Å². The van der Waals surface area contributed by atoms with E-state index >= 15 is 0 Å². The molecule has 3 atom stereocenters. The van der Waals surface area contributed by atoms with Crippen molar-refractivity contribution >= 4 is 27.4 Å². The van der Waals surface area contributed by atoms with Gasteiger partial charge in [0.2, 0.25) is 0 Å². The van der Waals surface area contributed by atoms with E-state index < -0.39 is 38.4 Å². The molecule has 0 bridgehead atoms. The lowest BCUT2D eigenvalue weighted by atomic mass is 9.94. The lowest BCUT2D eigenvalue weighted by Crippen LogP contribution is -2.41. The Kier molecular flexibility index (Phi) is 6.67. The summed E-state index contributed by atoms with van der Waals surface area (Å²) < 4.78 is 56.4. The Balaban J connectivity index is 1.93. The van der Waals surface area contributed by atoms with Crippen LogP contribution in [0.2, 0.25) is 5.02 Å². The average molecular weight is 447 g/mol. The maximum absolute atomic E-state index is 13.3. The molecule has 9 heteroatoms. The van der Waals surface area contributed by atoms with Crippen molar-refractivity contribution < 1.29 is 31.8 Å². The van der Waals surface area contributed by atoms with Gasteiger partial charge in [0.25, 0.3) is 0 Å². The number of hydrogen-bond donors (Lipinski definition) is 0. The first-order valence-electron chi connectivity index (χ1n) is 9.57. The Morgan fingerprint density at radius 2 is 2.14 bits per heavy atom. The van der Waals surface area contributed by atoms with Gasteiger partial charge in [0.05, 0.1) is 35.9 Å². The van der Waals surface area contributed by atoms with Gasteiger partial charge in [0.15, 0.2) is 15.6 Å². The highest BCUT2D eigenvalue weighted by Gasteiger charge is 2.47. The van der Waals surface area contributed by atoms with E-state index in [9.17, 15) is 17.6 Å². The molecule has 1 aromatic rings. The minimum absolute atomic E-state index is 0.00749. The minimum Gasteiger partial charge on any atom is -0.463 e. The monoisotopic (exact) mass is 446 g/mol.